The summed E-state index contributed by atoms with van der Waals surface area (Å²) >= 11 is 12.7. The number of carbonyl (C=O) groups excluding carboxylic acids is 2. The van der Waals surface area contributed by atoms with Crippen molar-refractivity contribution in [3.63, 3.8) is 0 Å². The monoisotopic (exact) mass is 631 g/mol. The Balaban J connectivity index is 1.72. The van der Waals surface area contributed by atoms with E-state index >= 15 is 0 Å². The number of ether oxygens (including phenoxy) is 1. The number of hydrogen-bond donors (Lipinski definition) is 1. The van der Waals surface area contributed by atoms with E-state index in [1.165, 1.54) is 42.3 Å². The van der Waals surface area contributed by atoms with Gasteiger partial charge in [0, 0.05) is 22.6 Å². The van der Waals surface area contributed by atoms with Crippen LogP contribution >= 0.6 is 23.2 Å². The first kappa shape index (κ1) is 31.7. The van der Waals surface area contributed by atoms with E-state index in [-0.39, 0.29) is 29.1 Å². The largest absolute Gasteiger partial charge is 0.497 e. The maximum atomic E-state index is 14.2. The van der Waals surface area contributed by atoms with Crippen LogP contribution in [0.1, 0.15) is 44.6 Å². The molecular weight excluding hydrogens is 597 g/mol. The fourth-order valence-corrected chi connectivity index (χ4v) is 6.92. The van der Waals surface area contributed by atoms with Gasteiger partial charge in [-0.25, -0.2) is 8.42 Å². The molecule has 8 nitrogen and oxygen atoms in total. The molecule has 2 amide bonds. The highest BCUT2D eigenvalue weighted by Gasteiger charge is 2.35. The van der Waals surface area contributed by atoms with Crippen LogP contribution in [0.4, 0.5) is 5.69 Å². The average molecular weight is 633 g/mol. The summed E-state index contributed by atoms with van der Waals surface area (Å²) in [6, 6.07) is 18.5. The Labute approximate surface area is 257 Å². The number of rotatable bonds is 12. The lowest BCUT2D eigenvalue weighted by molar-refractivity contribution is -0.140. The van der Waals surface area contributed by atoms with Crippen LogP contribution in [0.25, 0.3) is 0 Å². The van der Waals surface area contributed by atoms with Crippen molar-refractivity contribution in [2.75, 3.05) is 18.0 Å². The molecule has 1 aliphatic carbocycles. The zero-order chi connectivity index (χ0) is 30.3. The summed E-state index contributed by atoms with van der Waals surface area (Å²) in [7, 11) is -2.74. The van der Waals surface area contributed by atoms with E-state index in [1.54, 1.807) is 42.5 Å². The molecular formula is C31H35Cl2N3O5S. The smallest absolute Gasteiger partial charge is 0.264 e. The molecule has 42 heavy (non-hydrogen) atoms. The third kappa shape index (κ3) is 7.56. The van der Waals surface area contributed by atoms with Gasteiger partial charge < -0.3 is 15.0 Å². The van der Waals surface area contributed by atoms with Gasteiger partial charge in [0.2, 0.25) is 11.8 Å². The number of halogens is 2. The van der Waals surface area contributed by atoms with Gasteiger partial charge in [0.05, 0.1) is 17.7 Å². The Kier molecular flexibility index (Phi) is 10.8. The van der Waals surface area contributed by atoms with E-state index in [2.05, 4.69) is 5.32 Å². The van der Waals surface area contributed by atoms with Crippen LogP contribution < -0.4 is 14.4 Å². The van der Waals surface area contributed by atoms with Crippen LogP contribution in [-0.4, -0.2) is 50.9 Å². The second kappa shape index (κ2) is 14.3. The van der Waals surface area contributed by atoms with Gasteiger partial charge >= 0.3 is 0 Å². The zero-order valence-electron chi connectivity index (χ0n) is 23.6. The van der Waals surface area contributed by atoms with E-state index in [9.17, 15) is 18.0 Å². The highest BCUT2D eigenvalue weighted by molar-refractivity contribution is 7.92. The molecule has 11 heteroatoms. The van der Waals surface area contributed by atoms with Gasteiger partial charge in [0.25, 0.3) is 10.0 Å². The van der Waals surface area contributed by atoms with Crippen molar-refractivity contribution in [2.24, 2.45) is 0 Å². The molecule has 1 atom stereocenters. The number of hydrogen-bond acceptors (Lipinski definition) is 5. The predicted octanol–water partition coefficient (Wildman–Crippen LogP) is 6.06. The summed E-state index contributed by atoms with van der Waals surface area (Å²) in [6.07, 6.45) is 4.20. The van der Waals surface area contributed by atoms with Crippen molar-refractivity contribution >= 4 is 50.7 Å². The second-order valence-corrected chi connectivity index (χ2v) is 12.9. The minimum absolute atomic E-state index is 0.0280. The molecule has 224 valence electrons. The van der Waals surface area contributed by atoms with Gasteiger partial charge in [-0.2, -0.15) is 0 Å². The number of sulfonamides is 1. The first-order chi connectivity index (χ1) is 20.1. The van der Waals surface area contributed by atoms with Crippen molar-refractivity contribution < 1.29 is 22.7 Å². The first-order valence-electron chi connectivity index (χ1n) is 13.9. The molecule has 1 N–H and O–H groups in total. The molecule has 1 unspecified atom stereocenters. The summed E-state index contributed by atoms with van der Waals surface area (Å²) in [5.74, 6) is -0.332. The minimum atomic E-state index is -4.23. The van der Waals surface area contributed by atoms with Crippen molar-refractivity contribution in [1.29, 1.82) is 0 Å². The molecule has 0 heterocycles. The van der Waals surface area contributed by atoms with Crippen LogP contribution in [0, 0.1) is 0 Å². The van der Waals surface area contributed by atoms with E-state index in [0.29, 0.717) is 27.8 Å². The molecule has 4 rings (SSSR count). The SMILES string of the molecule is CCC(C(=O)NC1CCCC1)N(Cc1ccccc1Cl)C(=O)CN(c1cccc(Cl)c1)S(=O)(=O)c1ccc(OC)cc1. The highest BCUT2D eigenvalue weighted by atomic mass is 35.5. The first-order valence-corrected chi connectivity index (χ1v) is 16.1. The zero-order valence-corrected chi connectivity index (χ0v) is 26.0. The summed E-state index contributed by atoms with van der Waals surface area (Å²) in [5.41, 5.74) is 0.861. The Morgan fingerprint density at radius 3 is 2.31 bits per heavy atom. The molecule has 0 saturated heterocycles. The number of nitrogens with one attached hydrogen (secondary N) is 1. The Morgan fingerprint density at radius 1 is 1.00 bits per heavy atom. The molecule has 3 aromatic rings. The lowest BCUT2D eigenvalue weighted by Gasteiger charge is -2.34. The number of anilines is 1. The molecule has 1 aliphatic rings. The molecule has 1 saturated carbocycles. The Morgan fingerprint density at radius 2 is 1.69 bits per heavy atom. The van der Waals surface area contributed by atoms with Gasteiger partial charge in [-0.3, -0.25) is 13.9 Å². The fourth-order valence-electron chi connectivity index (χ4n) is 5.13. The summed E-state index contributed by atoms with van der Waals surface area (Å²) < 4.78 is 34.2. The van der Waals surface area contributed by atoms with Crippen LogP contribution in [-0.2, 0) is 26.2 Å². The van der Waals surface area contributed by atoms with Crippen LogP contribution in [0.2, 0.25) is 10.0 Å². The predicted molar refractivity (Wildman–Crippen MR) is 165 cm³/mol. The van der Waals surface area contributed by atoms with Gasteiger partial charge in [0.15, 0.2) is 0 Å². The van der Waals surface area contributed by atoms with Crippen LogP contribution in [0.5, 0.6) is 5.75 Å². The standard InChI is InChI=1S/C31H35Cl2N3O5S/c1-3-29(31(38)34-24-11-5-6-12-24)35(20-22-9-4-7-14-28(22)33)30(37)21-36(25-13-8-10-23(32)19-25)42(39,40)27-17-15-26(41-2)16-18-27/h4,7-10,13-19,24,29H,3,5-6,11-12,20-21H2,1-2H3,(H,34,38). The molecule has 1 fully saturated rings. The third-order valence-corrected chi connectivity index (χ3v) is 9.80. The maximum absolute atomic E-state index is 14.2. The average Bonchev–Trinajstić information content (AvgIpc) is 3.49. The number of nitrogens with zero attached hydrogens (tertiary/aromatic N) is 2. The Hall–Kier alpha value is -3.27. The van der Waals surface area contributed by atoms with Crippen LogP contribution in [0.3, 0.4) is 0 Å². The molecule has 0 radical (unpaired) electrons. The molecule has 0 aromatic heterocycles. The quantitative estimate of drug-likeness (QED) is 0.262. The summed E-state index contributed by atoms with van der Waals surface area (Å²) in [6.45, 7) is 1.29. The number of methoxy groups -OCH3 is 1. The maximum Gasteiger partial charge on any atom is 0.264 e. The topological polar surface area (TPSA) is 96.0 Å². The lowest BCUT2D eigenvalue weighted by atomic mass is 10.1. The normalized spacial score (nSPS) is 14.3. The molecule has 0 spiro atoms. The van der Waals surface area contributed by atoms with Gasteiger partial charge in [-0.05, 0) is 73.4 Å². The van der Waals surface area contributed by atoms with Crippen molar-refractivity contribution in [3.8, 4) is 5.75 Å². The van der Waals surface area contributed by atoms with Crippen molar-refractivity contribution in [3.05, 3.63) is 88.4 Å². The van der Waals surface area contributed by atoms with E-state index in [0.717, 1.165) is 30.0 Å². The third-order valence-electron chi connectivity index (χ3n) is 7.41. The van der Waals surface area contributed by atoms with Crippen LogP contribution in [0.15, 0.2) is 77.7 Å². The number of benzene rings is 3. The minimum Gasteiger partial charge on any atom is -0.497 e. The van der Waals surface area contributed by atoms with Gasteiger partial charge in [-0.1, -0.05) is 67.2 Å². The molecule has 0 aliphatic heterocycles. The van der Waals surface area contributed by atoms with Gasteiger partial charge in [0.1, 0.15) is 18.3 Å². The molecule has 3 aromatic carbocycles. The summed E-state index contributed by atoms with van der Waals surface area (Å²) in [5, 5.41) is 3.85. The van der Waals surface area contributed by atoms with E-state index in [4.69, 9.17) is 27.9 Å². The fraction of sp³-hybridized carbons (Fsp3) is 0.355. The van der Waals surface area contributed by atoms with Gasteiger partial charge in [-0.15, -0.1) is 0 Å². The Bertz CT molecular complexity index is 1490. The van der Waals surface area contributed by atoms with E-state index in [1.807, 2.05) is 6.92 Å². The lowest BCUT2D eigenvalue weighted by Crippen LogP contribution is -2.53. The van der Waals surface area contributed by atoms with Crippen molar-refractivity contribution in [2.45, 2.75) is 62.6 Å². The number of carbonyl (C=O) groups is 2. The highest BCUT2D eigenvalue weighted by Crippen LogP contribution is 2.28. The second-order valence-electron chi connectivity index (χ2n) is 10.2. The number of amides is 2. The van der Waals surface area contributed by atoms with E-state index < -0.39 is 28.5 Å². The molecule has 0 bridgehead atoms. The summed E-state index contributed by atoms with van der Waals surface area (Å²) in [4.78, 5) is 29.1. The van der Waals surface area contributed by atoms with Crippen molar-refractivity contribution in [1.82, 2.24) is 10.2 Å².